The number of carbonyl (C=O) groups is 1. The van der Waals surface area contributed by atoms with Gasteiger partial charge in [-0.05, 0) is 30.3 Å². The van der Waals surface area contributed by atoms with Crippen molar-refractivity contribution in [1.82, 2.24) is 5.32 Å². The molecule has 0 saturated carbocycles. The van der Waals surface area contributed by atoms with E-state index in [4.69, 9.17) is 16.3 Å². The van der Waals surface area contributed by atoms with Crippen LogP contribution in [0.25, 0.3) is 0 Å². The summed E-state index contributed by atoms with van der Waals surface area (Å²) in [6.45, 7) is 0.556. The van der Waals surface area contributed by atoms with Crippen molar-refractivity contribution in [2.45, 2.75) is 0 Å². The number of nitrogens with one attached hydrogen (secondary N) is 1. The maximum atomic E-state index is 13.4. The van der Waals surface area contributed by atoms with Gasteiger partial charge in [-0.15, -0.1) is 0 Å². The molecule has 0 saturated heterocycles. The lowest BCUT2D eigenvalue weighted by Crippen LogP contribution is -2.28. The smallest absolute Gasteiger partial charge is 0.254 e. The summed E-state index contributed by atoms with van der Waals surface area (Å²) in [5.74, 6) is -0.379. The summed E-state index contributed by atoms with van der Waals surface area (Å²) < 4.78 is 18.8. The maximum absolute atomic E-state index is 13.4. The Morgan fingerprint density at radius 1 is 1.20 bits per heavy atom. The molecule has 0 aliphatic rings. The van der Waals surface area contributed by atoms with E-state index in [1.807, 2.05) is 0 Å². The molecule has 2 aromatic rings. The van der Waals surface area contributed by atoms with Crippen LogP contribution < -0.4 is 10.1 Å². The number of hydrogen-bond acceptors (Lipinski definition) is 2. The molecule has 0 bridgehead atoms. The largest absolute Gasteiger partial charge is 0.492 e. The first kappa shape index (κ1) is 14.3. The molecule has 0 heterocycles. The van der Waals surface area contributed by atoms with E-state index in [0.29, 0.717) is 10.8 Å². The third kappa shape index (κ3) is 3.96. The highest BCUT2D eigenvalue weighted by atomic mass is 35.5. The summed E-state index contributed by atoms with van der Waals surface area (Å²) in [7, 11) is 0. The lowest BCUT2D eigenvalue weighted by Gasteiger charge is -2.08. The molecule has 0 unspecified atom stereocenters. The SMILES string of the molecule is O=C(NCCOc1cccc(Cl)c1)c1ccccc1F. The lowest BCUT2D eigenvalue weighted by molar-refractivity contribution is 0.0943. The van der Waals surface area contributed by atoms with Crippen LogP contribution in [0, 0.1) is 5.82 Å². The molecule has 1 amide bonds. The van der Waals surface area contributed by atoms with E-state index < -0.39 is 11.7 Å². The van der Waals surface area contributed by atoms with Crippen LogP contribution in [-0.4, -0.2) is 19.1 Å². The number of benzene rings is 2. The predicted octanol–water partition coefficient (Wildman–Crippen LogP) is 3.29. The molecule has 2 rings (SSSR count). The normalized spacial score (nSPS) is 10.1. The van der Waals surface area contributed by atoms with Gasteiger partial charge in [0.05, 0.1) is 12.1 Å². The van der Waals surface area contributed by atoms with Crippen LogP contribution in [0.5, 0.6) is 5.75 Å². The number of hydrogen-bond donors (Lipinski definition) is 1. The van der Waals surface area contributed by atoms with E-state index in [0.717, 1.165) is 0 Å². The van der Waals surface area contributed by atoms with Crippen molar-refractivity contribution in [1.29, 1.82) is 0 Å². The average molecular weight is 294 g/mol. The third-order valence-electron chi connectivity index (χ3n) is 2.57. The Morgan fingerprint density at radius 3 is 2.75 bits per heavy atom. The fraction of sp³-hybridized carbons (Fsp3) is 0.133. The molecule has 0 fully saturated rings. The second kappa shape index (κ2) is 6.91. The Bertz CT molecular complexity index is 604. The first-order valence-electron chi connectivity index (χ1n) is 6.08. The van der Waals surface area contributed by atoms with Crippen molar-refractivity contribution in [3.05, 3.63) is 64.9 Å². The molecule has 2 aromatic carbocycles. The predicted molar refractivity (Wildman–Crippen MR) is 75.7 cm³/mol. The van der Waals surface area contributed by atoms with E-state index >= 15 is 0 Å². The molecule has 20 heavy (non-hydrogen) atoms. The van der Waals surface area contributed by atoms with Gasteiger partial charge >= 0.3 is 0 Å². The second-order valence-electron chi connectivity index (χ2n) is 4.04. The van der Waals surface area contributed by atoms with Crippen molar-refractivity contribution in [2.24, 2.45) is 0 Å². The Labute approximate surface area is 121 Å². The number of rotatable bonds is 5. The van der Waals surface area contributed by atoms with Gasteiger partial charge in [0.25, 0.3) is 5.91 Å². The zero-order valence-corrected chi connectivity index (χ0v) is 11.4. The van der Waals surface area contributed by atoms with Gasteiger partial charge in [0.1, 0.15) is 18.2 Å². The molecule has 0 atom stereocenters. The van der Waals surface area contributed by atoms with Crippen LogP contribution in [-0.2, 0) is 0 Å². The van der Waals surface area contributed by atoms with Crippen LogP contribution in [0.2, 0.25) is 5.02 Å². The van der Waals surface area contributed by atoms with Crippen molar-refractivity contribution >= 4 is 17.5 Å². The van der Waals surface area contributed by atoms with Gasteiger partial charge in [-0.2, -0.15) is 0 Å². The molecule has 0 radical (unpaired) electrons. The maximum Gasteiger partial charge on any atom is 0.254 e. The molecular formula is C15H13ClFNO2. The third-order valence-corrected chi connectivity index (χ3v) is 2.81. The highest BCUT2D eigenvalue weighted by molar-refractivity contribution is 6.30. The Morgan fingerprint density at radius 2 is 2.00 bits per heavy atom. The minimum absolute atomic E-state index is 0.0234. The quantitative estimate of drug-likeness (QED) is 0.859. The molecule has 0 aromatic heterocycles. The average Bonchev–Trinajstić information content (AvgIpc) is 2.44. The van der Waals surface area contributed by atoms with Crippen molar-refractivity contribution < 1.29 is 13.9 Å². The number of amides is 1. The molecule has 3 nitrogen and oxygen atoms in total. The van der Waals surface area contributed by atoms with E-state index in [1.165, 1.54) is 18.2 Å². The van der Waals surface area contributed by atoms with Gasteiger partial charge in [-0.25, -0.2) is 4.39 Å². The van der Waals surface area contributed by atoms with Crippen LogP contribution in [0.4, 0.5) is 4.39 Å². The zero-order valence-electron chi connectivity index (χ0n) is 10.6. The van der Waals surface area contributed by atoms with Crippen LogP contribution in [0.3, 0.4) is 0 Å². The van der Waals surface area contributed by atoms with E-state index in [9.17, 15) is 9.18 Å². The summed E-state index contributed by atoms with van der Waals surface area (Å²) in [6, 6.07) is 12.8. The first-order valence-corrected chi connectivity index (χ1v) is 6.46. The summed E-state index contributed by atoms with van der Waals surface area (Å²) >= 11 is 5.81. The molecular weight excluding hydrogens is 281 g/mol. The van der Waals surface area contributed by atoms with Crippen LogP contribution in [0.15, 0.2) is 48.5 Å². The Balaban J connectivity index is 1.79. The Hall–Kier alpha value is -2.07. The van der Waals surface area contributed by atoms with Crippen molar-refractivity contribution in [3.63, 3.8) is 0 Å². The van der Waals surface area contributed by atoms with Gasteiger partial charge in [-0.1, -0.05) is 29.8 Å². The molecule has 5 heteroatoms. The topological polar surface area (TPSA) is 38.3 Å². The molecule has 0 spiro atoms. The summed E-state index contributed by atoms with van der Waals surface area (Å²) in [6.07, 6.45) is 0. The van der Waals surface area contributed by atoms with E-state index in [1.54, 1.807) is 30.3 Å². The number of carbonyl (C=O) groups excluding carboxylic acids is 1. The summed E-state index contributed by atoms with van der Waals surface area (Å²) in [5, 5.41) is 3.17. The fourth-order valence-electron chi connectivity index (χ4n) is 1.63. The molecule has 1 N–H and O–H groups in total. The zero-order chi connectivity index (χ0) is 14.4. The van der Waals surface area contributed by atoms with Gasteiger partial charge in [0.15, 0.2) is 0 Å². The molecule has 0 aliphatic heterocycles. The standard InChI is InChI=1S/C15H13ClFNO2/c16-11-4-3-5-12(10-11)20-9-8-18-15(19)13-6-1-2-7-14(13)17/h1-7,10H,8-9H2,(H,18,19). The number of halogens is 2. The highest BCUT2D eigenvalue weighted by Gasteiger charge is 2.09. The van der Waals surface area contributed by atoms with Gasteiger partial charge in [0.2, 0.25) is 0 Å². The lowest BCUT2D eigenvalue weighted by atomic mass is 10.2. The number of ether oxygens (including phenoxy) is 1. The summed E-state index contributed by atoms with van der Waals surface area (Å²) in [4.78, 5) is 11.7. The van der Waals surface area contributed by atoms with E-state index in [2.05, 4.69) is 5.32 Å². The Kier molecular flexibility index (Phi) is 4.96. The minimum atomic E-state index is -0.541. The van der Waals surface area contributed by atoms with Crippen molar-refractivity contribution in [2.75, 3.05) is 13.2 Å². The minimum Gasteiger partial charge on any atom is -0.492 e. The molecule has 104 valence electrons. The van der Waals surface area contributed by atoms with Gasteiger partial charge in [-0.3, -0.25) is 4.79 Å². The van der Waals surface area contributed by atoms with Gasteiger partial charge < -0.3 is 10.1 Å². The first-order chi connectivity index (χ1) is 9.66. The van der Waals surface area contributed by atoms with Crippen molar-refractivity contribution in [3.8, 4) is 5.75 Å². The van der Waals surface area contributed by atoms with E-state index in [-0.39, 0.29) is 18.7 Å². The van der Waals surface area contributed by atoms with Crippen LogP contribution in [0.1, 0.15) is 10.4 Å². The monoisotopic (exact) mass is 293 g/mol. The van der Waals surface area contributed by atoms with Gasteiger partial charge in [0, 0.05) is 5.02 Å². The van der Waals surface area contributed by atoms with Crippen LogP contribution >= 0.6 is 11.6 Å². The fourth-order valence-corrected chi connectivity index (χ4v) is 1.81. The molecule has 0 aliphatic carbocycles. The second-order valence-corrected chi connectivity index (χ2v) is 4.48. The highest BCUT2D eigenvalue weighted by Crippen LogP contribution is 2.16. The summed E-state index contributed by atoms with van der Waals surface area (Å²) in [5.41, 5.74) is 0.0234.